The Bertz CT molecular complexity index is 493. The molecule has 0 amide bonds. The van der Waals surface area contributed by atoms with Crippen LogP contribution in [0.2, 0.25) is 0 Å². The van der Waals surface area contributed by atoms with E-state index in [0.717, 1.165) is 44.2 Å². The molecule has 0 aliphatic rings. The molecule has 0 nitrogen and oxygen atoms in total. The molecule has 0 spiro atoms. The maximum Gasteiger partial charge on any atom is 0.416 e. The van der Waals surface area contributed by atoms with Crippen LogP contribution in [0, 0.1) is 0 Å². The summed E-state index contributed by atoms with van der Waals surface area (Å²) >= 11 is 0. The van der Waals surface area contributed by atoms with E-state index in [1.54, 1.807) is 6.08 Å². The van der Waals surface area contributed by atoms with E-state index in [9.17, 15) is 26.3 Å². The predicted octanol–water partition coefficient (Wildman–Crippen LogP) is 7.49. The van der Waals surface area contributed by atoms with E-state index in [-0.39, 0.29) is 11.6 Å². The third-order valence-electron chi connectivity index (χ3n) is 3.64. The molecule has 0 unspecified atom stereocenters. The molecule has 0 aliphatic heterocycles. The van der Waals surface area contributed by atoms with Crippen molar-refractivity contribution >= 4 is 6.08 Å². The van der Waals surface area contributed by atoms with Crippen molar-refractivity contribution in [2.24, 2.45) is 0 Å². The van der Waals surface area contributed by atoms with Crippen molar-refractivity contribution in [3.05, 3.63) is 41.0 Å². The fourth-order valence-electron chi connectivity index (χ4n) is 2.34. The number of unbranched alkanes of at least 4 members (excludes halogenated alkanes) is 6. The zero-order valence-electron chi connectivity index (χ0n) is 13.6. The number of hydrogen-bond acceptors (Lipinski definition) is 0. The lowest BCUT2D eigenvalue weighted by Gasteiger charge is -2.12. The van der Waals surface area contributed by atoms with Crippen LogP contribution < -0.4 is 0 Å². The molecule has 1 rings (SSSR count). The van der Waals surface area contributed by atoms with Gasteiger partial charge in [0.15, 0.2) is 0 Å². The van der Waals surface area contributed by atoms with E-state index >= 15 is 0 Å². The summed E-state index contributed by atoms with van der Waals surface area (Å²) in [5, 5.41) is 0. The van der Waals surface area contributed by atoms with E-state index < -0.39 is 23.5 Å². The normalized spacial score (nSPS) is 13.0. The second kappa shape index (κ2) is 9.14. The van der Waals surface area contributed by atoms with Gasteiger partial charge in [-0.1, -0.05) is 51.2 Å². The number of halogens is 6. The van der Waals surface area contributed by atoms with Crippen LogP contribution in [0.5, 0.6) is 0 Å². The molecule has 1 aromatic rings. The van der Waals surface area contributed by atoms with Crippen molar-refractivity contribution < 1.29 is 26.3 Å². The Labute approximate surface area is 138 Å². The Balaban J connectivity index is 2.71. The average molecular weight is 352 g/mol. The fraction of sp³-hybridized carbons (Fsp3) is 0.556. The van der Waals surface area contributed by atoms with Gasteiger partial charge in [0.25, 0.3) is 0 Å². The summed E-state index contributed by atoms with van der Waals surface area (Å²) in [5.41, 5.74) is -2.64. The number of alkyl halides is 6. The second-order valence-electron chi connectivity index (χ2n) is 5.80. The van der Waals surface area contributed by atoms with Crippen LogP contribution in [0.4, 0.5) is 26.3 Å². The average Bonchev–Trinajstić information content (AvgIpc) is 2.48. The molecule has 6 heteroatoms. The van der Waals surface area contributed by atoms with Gasteiger partial charge in [0.05, 0.1) is 11.1 Å². The quantitative estimate of drug-likeness (QED) is 0.336. The van der Waals surface area contributed by atoms with Gasteiger partial charge in [0.1, 0.15) is 0 Å². The minimum absolute atomic E-state index is 0.0804. The van der Waals surface area contributed by atoms with Crippen LogP contribution in [0.25, 0.3) is 6.08 Å². The van der Waals surface area contributed by atoms with Crippen molar-refractivity contribution in [2.45, 2.75) is 64.2 Å². The molecule has 0 bridgehead atoms. The third kappa shape index (κ3) is 7.41. The highest BCUT2D eigenvalue weighted by Gasteiger charge is 2.36. The van der Waals surface area contributed by atoms with E-state index in [2.05, 4.69) is 6.92 Å². The first-order chi connectivity index (χ1) is 11.1. The molecule has 0 heterocycles. The molecule has 0 radical (unpaired) electrons. The maximum atomic E-state index is 12.7. The first kappa shape index (κ1) is 20.6. The molecule has 24 heavy (non-hydrogen) atoms. The number of allylic oxidation sites excluding steroid dienone is 1. The van der Waals surface area contributed by atoms with E-state index in [4.69, 9.17) is 0 Å². The Morgan fingerprint density at radius 1 is 0.750 bits per heavy atom. The van der Waals surface area contributed by atoms with Crippen molar-refractivity contribution in [1.82, 2.24) is 0 Å². The van der Waals surface area contributed by atoms with Gasteiger partial charge in [-0.3, -0.25) is 0 Å². The summed E-state index contributed by atoms with van der Waals surface area (Å²) in [7, 11) is 0. The first-order valence-electron chi connectivity index (χ1n) is 8.10. The molecule has 0 aromatic heterocycles. The van der Waals surface area contributed by atoms with Gasteiger partial charge in [-0.2, -0.15) is 26.3 Å². The van der Waals surface area contributed by atoms with Gasteiger partial charge in [0, 0.05) is 0 Å². The van der Waals surface area contributed by atoms with Crippen LogP contribution in [0.1, 0.15) is 68.6 Å². The smallest absolute Gasteiger partial charge is 0.166 e. The summed E-state index contributed by atoms with van der Waals surface area (Å²) in [6.45, 7) is 2.12. The molecular formula is C18H22F6. The highest BCUT2D eigenvalue weighted by molar-refractivity contribution is 5.53. The second-order valence-corrected chi connectivity index (χ2v) is 5.80. The lowest BCUT2D eigenvalue weighted by atomic mass is 10.0. The molecular weight excluding hydrogens is 330 g/mol. The van der Waals surface area contributed by atoms with Crippen LogP contribution in [0.3, 0.4) is 0 Å². The number of hydrogen-bond donors (Lipinski definition) is 0. The van der Waals surface area contributed by atoms with E-state index in [1.807, 2.05) is 0 Å². The van der Waals surface area contributed by atoms with Gasteiger partial charge in [-0.25, -0.2) is 0 Å². The Hall–Kier alpha value is -1.46. The first-order valence-corrected chi connectivity index (χ1v) is 8.10. The Morgan fingerprint density at radius 3 is 1.75 bits per heavy atom. The Kier molecular flexibility index (Phi) is 7.84. The summed E-state index contributed by atoms with van der Waals surface area (Å²) in [5.74, 6) is 0. The van der Waals surface area contributed by atoms with Crippen molar-refractivity contribution in [2.75, 3.05) is 0 Å². The zero-order chi connectivity index (χ0) is 18.2. The van der Waals surface area contributed by atoms with Crippen LogP contribution in [-0.2, 0) is 12.4 Å². The molecule has 0 N–H and O–H groups in total. The molecule has 136 valence electrons. The topological polar surface area (TPSA) is 0 Å². The van der Waals surface area contributed by atoms with Crippen LogP contribution >= 0.6 is 0 Å². The van der Waals surface area contributed by atoms with E-state index in [0.29, 0.717) is 6.42 Å². The largest absolute Gasteiger partial charge is 0.416 e. The highest BCUT2D eigenvalue weighted by Crippen LogP contribution is 2.36. The summed E-state index contributed by atoms with van der Waals surface area (Å²) in [6, 6.07) is 1.63. The van der Waals surface area contributed by atoms with Gasteiger partial charge < -0.3 is 0 Å². The number of benzene rings is 1. The lowest BCUT2D eigenvalue weighted by Crippen LogP contribution is -2.11. The van der Waals surface area contributed by atoms with Gasteiger partial charge in [-0.15, -0.1) is 0 Å². The standard InChI is InChI=1S/C18H22F6/c1-2-3-4-5-6-7-8-9-10-14-11-15(17(19,20)21)13-16(12-14)18(22,23)24/h9-13H,2-8H2,1H3/b10-9+. The van der Waals surface area contributed by atoms with Gasteiger partial charge >= 0.3 is 12.4 Å². The molecule has 0 fully saturated rings. The van der Waals surface area contributed by atoms with Crippen LogP contribution in [-0.4, -0.2) is 0 Å². The SMILES string of the molecule is CCCCCCCC/C=C/c1cc(C(F)(F)F)cc(C(F)(F)F)c1. The van der Waals surface area contributed by atoms with Gasteiger partial charge in [0.2, 0.25) is 0 Å². The van der Waals surface area contributed by atoms with Crippen molar-refractivity contribution in [3.8, 4) is 0 Å². The van der Waals surface area contributed by atoms with E-state index in [1.165, 1.54) is 12.5 Å². The summed E-state index contributed by atoms with van der Waals surface area (Å²) in [6.07, 6.45) is 0.484. The fourth-order valence-corrected chi connectivity index (χ4v) is 2.34. The summed E-state index contributed by atoms with van der Waals surface area (Å²) in [4.78, 5) is 0. The molecule has 0 saturated heterocycles. The van der Waals surface area contributed by atoms with Gasteiger partial charge in [-0.05, 0) is 36.6 Å². The lowest BCUT2D eigenvalue weighted by molar-refractivity contribution is -0.143. The monoisotopic (exact) mass is 352 g/mol. The number of rotatable bonds is 8. The van der Waals surface area contributed by atoms with Crippen molar-refractivity contribution in [1.29, 1.82) is 0 Å². The van der Waals surface area contributed by atoms with Crippen molar-refractivity contribution in [3.63, 3.8) is 0 Å². The molecule has 0 atom stereocenters. The minimum atomic E-state index is -4.80. The highest BCUT2D eigenvalue weighted by atomic mass is 19.4. The zero-order valence-corrected chi connectivity index (χ0v) is 13.6. The molecule has 1 aromatic carbocycles. The molecule has 0 saturated carbocycles. The third-order valence-corrected chi connectivity index (χ3v) is 3.64. The summed E-state index contributed by atoms with van der Waals surface area (Å²) < 4.78 is 76.4. The predicted molar refractivity (Wildman–Crippen MR) is 83.5 cm³/mol. The maximum absolute atomic E-state index is 12.7. The minimum Gasteiger partial charge on any atom is -0.166 e. The molecule has 0 aliphatic carbocycles. The Morgan fingerprint density at radius 2 is 1.25 bits per heavy atom. The van der Waals surface area contributed by atoms with Crippen LogP contribution in [0.15, 0.2) is 24.3 Å².